The van der Waals surface area contributed by atoms with Gasteiger partial charge >= 0.3 is 5.97 Å². The molecule has 7 nitrogen and oxygen atoms in total. The lowest BCUT2D eigenvalue weighted by molar-refractivity contribution is -0.142. The first kappa shape index (κ1) is 14.2. The Morgan fingerprint density at radius 1 is 1.50 bits per heavy atom. The normalized spacial score (nSPS) is 12.2. The number of rotatable bonds is 3. The number of carbonyl (C=O) groups excluding carboxylic acids is 2. The van der Waals surface area contributed by atoms with Crippen LogP contribution in [0.2, 0.25) is 0 Å². The van der Waals surface area contributed by atoms with E-state index in [1.54, 1.807) is 12.3 Å². The van der Waals surface area contributed by atoms with Gasteiger partial charge in [0.05, 0.1) is 7.11 Å². The molecule has 0 aliphatic heterocycles. The fraction of sp³-hybridized carbons (Fsp3) is 0.333. The molecule has 0 spiro atoms. The Morgan fingerprint density at radius 3 is 2.85 bits per heavy atom. The SMILES string of the molecule is COC(=O)[C@@H](C)NC(=O)c1cnc2scc(C)n2c1=O. The molecular formula is C12H13N3O4S. The lowest BCUT2D eigenvalue weighted by Crippen LogP contribution is -2.41. The van der Waals surface area contributed by atoms with Gasteiger partial charge in [0.25, 0.3) is 11.5 Å². The van der Waals surface area contributed by atoms with Gasteiger partial charge in [-0.15, -0.1) is 11.3 Å². The van der Waals surface area contributed by atoms with Crippen molar-refractivity contribution >= 4 is 28.2 Å². The lowest BCUT2D eigenvalue weighted by Gasteiger charge is -2.11. The number of nitrogens with zero attached hydrogens (tertiary/aromatic N) is 2. The third-order valence-electron chi connectivity index (χ3n) is 2.76. The summed E-state index contributed by atoms with van der Waals surface area (Å²) in [5.41, 5.74) is 0.140. The largest absolute Gasteiger partial charge is 0.467 e. The fourth-order valence-electron chi connectivity index (χ4n) is 1.69. The van der Waals surface area contributed by atoms with Gasteiger partial charge in [-0.25, -0.2) is 9.78 Å². The summed E-state index contributed by atoms with van der Waals surface area (Å²) < 4.78 is 5.87. The summed E-state index contributed by atoms with van der Waals surface area (Å²) in [6.07, 6.45) is 1.22. The number of aromatic nitrogens is 2. The monoisotopic (exact) mass is 295 g/mol. The molecule has 0 bridgehead atoms. The molecule has 0 radical (unpaired) electrons. The van der Waals surface area contributed by atoms with Crippen LogP contribution in [0.15, 0.2) is 16.4 Å². The first-order chi connectivity index (χ1) is 9.45. The van der Waals surface area contributed by atoms with Crippen LogP contribution in [0.3, 0.4) is 0 Å². The number of hydrogen-bond donors (Lipinski definition) is 1. The zero-order chi connectivity index (χ0) is 14.9. The fourth-order valence-corrected chi connectivity index (χ4v) is 2.52. The number of esters is 1. The molecular weight excluding hydrogens is 282 g/mol. The summed E-state index contributed by atoms with van der Waals surface area (Å²) >= 11 is 1.32. The van der Waals surface area contributed by atoms with E-state index in [1.165, 1.54) is 36.0 Å². The number of methoxy groups -OCH3 is 1. The molecule has 0 aliphatic rings. The van der Waals surface area contributed by atoms with Crippen LogP contribution in [0.1, 0.15) is 23.0 Å². The van der Waals surface area contributed by atoms with Gasteiger partial charge in [-0.3, -0.25) is 14.0 Å². The Morgan fingerprint density at radius 2 is 2.20 bits per heavy atom. The van der Waals surface area contributed by atoms with Crippen molar-refractivity contribution in [2.24, 2.45) is 0 Å². The van der Waals surface area contributed by atoms with Crippen molar-refractivity contribution in [2.75, 3.05) is 7.11 Å². The van der Waals surface area contributed by atoms with Crippen LogP contribution in [0.5, 0.6) is 0 Å². The zero-order valence-corrected chi connectivity index (χ0v) is 12.0. The van der Waals surface area contributed by atoms with Crippen LogP contribution < -0.4 is 10.9 Å². The second kappa shape index (κ2) is 5.41. The van der Waals surface area contributed by atoms with Crippen molar-refractivity contribution in [1.82, 2.24) is 14.7 Å². The highest BCUT2D eigenvalue weighted by molar-refractivity contribution is 7.15. The molecule has 0 saturated heterocycles. The minimum atomic E-state index is -0.837. The van der Waals surface area contributed by atoms with Gasteiger partial charge in [0.1, 0.15) is 11.6 Å². The topological polar surface area (TPSA) is 89.8 Å². The van der Waals surface area contributed by atoms with Crippen LogP contribution in [0, 0.1) is 6.92 Å². The number of nitrogens with one attached hydrogen (secondary N) is 1. The number of hydrogen-bond acceptors (Lipinski definition) is 6. The molecule has 0 saturated carbocycles. The zero-order valence-electron chi connectivity index (χ0n) is 11.2. The van der Waals surface area contributed by atoms with E-state index in [2.05, 4.69) is 15.0 Å². The number of amides is 1. The molecule has 106 valence electrons. The smallest absolute Gasteiger partial charge is 0.328 e. The average molecular weight is 295 g/mol. The molecule has 0 unspecified atom stereocenters. The van der Waals surface area contributed by atoms with Gasteiger partial charge in [-0.05, 0) is 13.8 Å². The summed E-state index contributed by atoms with van der Waals surface area (Å²) in [6, 6.07) is -0.837. The number of aryl methyl sites for hydroxylation is 1. The predicted molar refractivity (Wildman–Crippen MR) is 73.0 cm³/mol. The van der Waals surface area contributed by atoms with Crippen LogP contribution in [-0.4, -0.2) is 34.4 Å². The first-order valence-electron chi connectivity index (χ1n) is 5.80. The van der Waals surface area contributed by atoms with E-state index in [1.807, 2.05) is 0 Å². The van der Waals surface area contributed by atoms with E-state index in [4.69, 9.17) is 0 Å². The van der Waals surface area contributed by atoms with Crippen molar-refractivity contribution in [1.29, 1.82) is 0 Å². The third-order valence-corrected chi connectivity index (χ3v) is 3.72. The summed E-state index contributed by atoms with van der Waals surface area (Å²) in [7, 11) is 1.22. The standard InChI is InChI=1S/C12H13N3O4S/c1-6-5-20-12-13-4-8(10(17)15(6)12)9(16)14-7(2)11(18)19-3/h4-5,7H,1-3H3,(H,14,16)/t7-/m1/s1. The molecule has 2 rings (SSSR count). The second-order valence-corrected chi connectivity index (χ2v) is 5.03. The van der Waals surface area contributed by atoms with Crippen molar-refractivity contribution in [3.05, 3.63) is 33.2 Å². The van der Waals surface area contributed by atoms with Gasteiger partial charge < -0.3 is 10.1 Å². The number of fused-ring (bicyclic) bond motifs is 1. The predicted octanol–water partition coefficient (Wildman–Crippen LogP) is 0.356. The maximum Gasteiger partial charge on any atom is 0.328 e. The van der Waals surface area contributed by atoms with Crippen LogP contribution in [0.4, 0.5) is 0 Å². The van der Waals surface area contributed by atoms with E-state index in [0.717, 1.165) is 0 Å². The Labute approximate surface area is 118 Å². The number of ether oxygens (including phenoxy) is 1. The highest BCUT2D eigenvalue weighted by Gasteiger charge is 2.20. The van der Waals surface area contributed by atoms with Gasteiger partial charge in [-0.2, -0.15) is 0 Å². The maximum atomic E-state index is 12.2. The molecule has 2 aromatic heterocycles. The molecule has 0 fully saturated rings. The molecule has 0 aromatic carbocycles. The number of thiazole rings is 1. The minimum Gasteiger partial charge on any atom is -0.467 e. The highest BCUT2D eigenvalue weighted by atomic mass is 32.1. The van der Waals surface area contributed by atoms with E-state index in [-0.39, 0.29) is 5.56 Å². The average Bonchev–Trinajstić information content (AvgIpc) is 2.80. The van der Waals surface area contributed by atoms with Crippen molar-refractivity contribution < 1.29 is 14.3 Å². The second-order valence-electron chi connectivity index (χ2n) is 4.19. The Hall–Kier alpha value is -2.22. The van der Waals surface area contributed by atoms with Crippen LogP contribution >= 0.6 is 11.3 Å². The maximum absolute atomic E-state index is 12.2. The van der Waals surface area contributed by atoms with Gasteiger partial charge in [-0.1, -0.05) is 0 Å². The molecule has 1 atom stereocenters. The Bertz CT molecular complexity index is 734. The van der Waals surface area contributed by atoms with Crippen molar-refractivity contribution in [2.45, 2.75) is 19.9 Å². The van der Waals surface area contributed by atoms with Crippen molar-refractivity contribution in [3.8, 4) is 0 Å². The quantitative estimate of drug-likeness (QED) is 0.826. The lowest BCUT2D eigenvalue weighted by atomic mass is 10.2. The molecule has 2 heterocycles. The molecule has 8 heteroatoms. The highest BCUT2D eigenvalue weighted by Crippen LogP contribution is 2.10. The third kappa shape index (κ3) is 2.42. The number of carbonyl (C=O) groups is 2. The first-order valence-corrected chi connectivity index (χ1v) is 6.68. The van der Waals surface area contributed by atoms with Gasteiger partial charge in [0.2, 0.25) is 0 Å². The van der Waals surface area contributed by atoms with Crippen LogP contribution in [-0.2, 0) is 9.53 Å². The summed E-state index contributed by atoms with van der Waals surface area (Å²) in [5.74, 6) is -1.24. The minimum absolute atomic E-state index is 0.111. The molecule has 2 aromatic rings. The molecule has 1 amide bonds. The Kier molecular flexibility index (Phi) is 3.84. The summed E-state index contributed by atoms with van der Waals surface area (Å²) in [5, 5.41) is 4.18. The summed E-state index contributed by atoms with van der Waals surface area (Å²) in [6.45, 7) is 3.23. The van der Waals surface area contributed by atoms with E-state index >= 15 is 0 Å². The van der Waals surface area contributed by atoms with Gasteiger partial charge in [0, 0.05) is 17.3 Å². The van der Waals surface area contributed by atoms with Crippen LogP contribution in [0.25, 0.3) is 4.96 Å². The molecule has 0 aliphatic carbocycles. The Balaban J connectivity index is 2.36. The van der Waals surface area contributed by atoms with E-state index in [9.17, 15) is 14.4 Å². The summed E-state index contributed by atoms with van der Waals surface area (Å²) in [4.78, 5) is 40.1. The molecule has 1 N–H and O–H groups in total. The van der Waals surface area contributed by atoms with Crippen molar-refractivity contribution in [3.63, 3.8) is 0 Å². The van der Waals surface area contributed by atoms with Gasteiger partial charge in [0.15, 0.2) is 4.96 Å². The van der Waals surface area contributed by atoms with E-state index < -0.39 is 23.5 Å². The molecule has 20 heavy (non-hydrogen) atoms. The van der Waals surface area contributed by atoms with E-state index in [0.29, 0.717) is 10.7 Å².